The van der Waals surface area contributed by atoms with Gasteiger partial charge in [-0.3, -0.25) is 9.52 Å². The van der Waals surface area contributed by atoms with Crippen LogP contribution >= 0.6 is 0 Å². The first-order valence-electron chi connectivity index (χ1n) is 7.34. The molecule has 12 heteroatoms. The number of amides is 1. The van der Waals surface area contributed by atoms with Crippen molar-refractivity contribution in [3.05, 3.63) is 30.0 Å². The van der Waals surface area contributed by atoms with Gasteiger partial charge in [0, 0.05) is 12.5 Å². The number of carbonyl (C=O) groups is 1. The molecule has 0 radical (unpaired) electrons. The molecule has 10 nitrogen and oxygen atoms in total. The Hall–Kier alpha value is -2.60. The molecule has 1 aliphatic heterocycles. The lowest BCUT2D eigenvalue weighted by atomic mass is 10.3. The number of methoxy groups -OCH3 is 1. The van der Waals surface area contributed by atoms with Crippen molar-refractivity contribution in [2.75, 3.05) is 21.9 Å². The molecular formula is C14H15N3O7S2. The van der Waals surface area contributed by atoms with E-state index in [1.807, 2.05) is 0 Å². The maximum absolute atomic E-state index is 12.7. The Morgan fingerprint density at radius 3 is 2.58 bits per heavy atom. The molecule has 0 aliphatic carbocycles. The normalized spacial score (nSPS) is 16.7. The quantitative estimate of drug-likeness (QED) is 0.779. The Morgan fingerprint density at radius 2 is 2.04 bits per heavy atom. The van der Waals surface area contributed by atoms with E-state index in [4.69, 9.17) is 9.26 Å². The third-order valence-corrected chi connectivity index (χ3v) is 6.68. The third-order valence-electron chi connectivity index (χ3n) is 3.62. The first kappa shape index (κ1) is 18.2. The Balaban J connectivity index is 2.07. The summed E-state index contributed by atoms with van der Waals surface area (Å²) in [6.07, 6.45) is -0.160. The number of carbonyl (C=O) groups excluding carboxylic acids is 1. The summed E-state index contributed by atoms with van der Waals surface area (Å²) in [5.74, 6) is -0.614. The van der Waals surface area contributed by atoms with Crippen molar-refractivity contribution in [2.24, 2.45) is 0 Å². The molecule has 1 fully saturated rings. The average molecular weight is 401 g/mol. The second-order valence-corrected chi connectivity index (χ2v) is 9.08. The number of sulfonamides is 2. The van der Waals surface area contributed by atoms with Gasteiger partial charge in [-0.05, 0) is 25.1 Å². The molecule has 26 heavy (non-hydrogen) atoms. The minimum atomic E-state index is -4.18. The summed E-state index contributed by atoms with van der Waals surface area (Å²) in [5.41, 5.74) is -0.0787. The number of nitrogens with one attached hydrogen (secondary N) is 1. The maximum Gasteiger partial charge on any atom is 0.266 e. The highest BCUT2D eigenvalue weighted by Crippen LogP contribution is 2.33. The van der Waals surface area contributed by atoms with E-state index in [1.54, 1.807) is 6.92 Å². The van der Waals surface area contributed by atoms with Gasteiger partial charge in [0.05, 0.1) is 18.6 Å². The molecule has 1 aromatic carbocycles. The summed E-state index contributed by atoms with van der Waals surface area (Å²) in [5, 5.41) is 3.55. The number of anilines is 2. The Bertz CT molecular complexity index is 1070. The van der Waals surface area contributed by atoms with Gasteiger partial charge in [0.15, 0.2) is 5.82 Å². The van der Waals surface area contributed by atoms with E-state index >= 15 is 0 Å². The second kappa shape index (κ2) is 6.29. The number of hydrogen-bond donors (Lipinski definition) is 1. The van der Waals surface area contributed by atoms with Crippen LogP contribution in [-0.2, 0) is 24.8 Å². The zero-order chi connectivity index (χ0) is 19.1. The van der Waals surface area contributed by atoms with Crippen LogP contribution in [0.2, 0.25) is 0 Å². The number of aryl methyl sites for hydroxylation is 1. The Morgan fingerprint density at radius 1 is 1.31 bits per heavy atom. The fourth-order valence-electron chi connectivity index (χ4n) is 2.48. The van der Waals surface area contributed by atoms with Gasteiger partial charge in [-0.25, -0.2) is 21.1 Å². The van der Waals surface area contributed by atoms with Crippen LogP contribution in [0.15, 0.2) is 33.7 Å². The molecule has 1 amide bonds. The summed E-state index contributed by atoms with van der Waals surface area (Å²) in [7, 11) is -6.74. The molecule has 0 spiro atoms. The summed E-state index contributed by atoms with van der Waals surface area (Å²) in [4.78, 5) is 11.6. The van der Waals surface area contributed by atoms with E-state index in [-0.39, 0.29) is 34.3 Å². The molecule has 3 rings (SSSR count). The minimum Gasteiger partial charge on any atom is -0.495 e. The highest BCUT2D eigenvalue weighted by Gasteiger charge is 2.37. The monoisotopic (exact) mass is 401 g/mol. The minimum absolute atomic E-state index is 0.0227. The fraction of sp³-hybridized carbons (Fsp3) is 0.286. The molecule has 140 valence electrons. The molecule has 0 bridgehead atoms. The van der Waals surface area contributed by atoms with Gasteiger partial charge in [0.25, 0.3) is 10.0 Å². The van der Waals surface area contributed by atoms with Gasteiger partial charge >= 0.3 is 0 Å². The molecule has 0 unspecified atom stereocenters. The van der Waals surface area contributed by atoms with E-state index < -0.39 is 26.0 Å². The molecule has 0 saturated carbocycles. The lowest BCUT2D eigenvalue weighted by Gasteiger charge is -2.17. The summed E-state index contributed by atoms with van der Waals surface area (Å²) >= 11 is 0. The first-order chi connectivity index (χ1) is 12.1. The number of benzene rings is 1. The SMILES string of the molecule is COc1ccc(N2C(=O)CCS2(=O)=O)cc1S(=O)(=O)Nc1cc(C)on1. The third kappa shape index (κ3) is 3.24. The predicted molar refractivity (Wildman–Crippen MR) is 90.9 cm³/mol. The Labute approximate surface area is 149 Å². The molecule has 1 N–H and O–H groups in total. The molecule has 0 atom stereocenters. The van der Waals surface area contributed by atoms with Gasteiger partial charge in [-0.15, -0.1) is 0 Å². The zero-order valence-electron chi connectivity index (χ0n) is 13.8. The van der Waals surface area contributed by atoms with E-state index in [0.29, 0.717) is 10.1 Å². The van der Waals surface area contributed by atoms with Crippen molar-refractivity contribution in [3.8, 4) is 5.75 Å². The number of rotatable bonds is 5. The van der Waals surface area contributed by atoms with Crippen LogP contribution in [-0.4, -0.2) is 40.8 Å². The molecule has 2 aromatic rings. The van der Waals surface area contributed by atoms with Crippen molar-refractivity contribution < 1.29 is 30.9 Å². The van der Waals surface area contributed by atoms with Gasteiger partial charge in [-0.1, -0.05) is 5.16 Å². The largest absolute Gasteiger partial charge is 0.495 e. The van der Waals surface area contributed by atoms with Gasteiger partial charge in [-0.2, -0.15) is 0 Å². The van der Waals surface area contributed by atoms with Crippen LogP contribution < -0.4 is 13.8 Å². The Kier molecular flexibility index (Phi) is 4.40. The van der Waals surface area contributed by atoms with Crippen molar-refractivity contribution in [1.82, 2.24) is 5.16 Å². The van der Waals surface area contributed by atoms with Crippen LogP contribution in [0.3, 0.4) is 0 Å². The van der Waals surface area contributed by atoms with Gasteiger partial charge in [0.1, 0.15) is 16.4 Å². The standard InChI is InChI=1S/C14H15N3O7S2/c1-9-7-13(15-24-9)16-26(21,22)12-8-10(3-4-11(12)23-2)17-14(18)5-6-25(17,19)20/h3-4,7-8H,5-6H2,1-2H3,(H,15,16). The van der Waals surface area contributed by atoms with Crippen LogP contribution in [0, 0.1) is 6.92 Å². The van der Waals surface area contributed by atoms with E-state index in [0.717, 1.165) is 6.07 Å². The van der Waals surface area contributed by atoms with Crippen molar-refractivity contribution in [1.29, 1.82) is 0 Å². The topological polar surface area (TPSA) is 136 Å². The first-order valence-corrected chi connectivity index (χ1v) is 10.4. The fourth-order valence-corrected chi connectivity index (χ4v) is 5.10. The number of aromatic nitrogens is 1. The number of nitrogens with zero attached hydrogens (tertiary/aromatic N) is 2. The van der Waals surface area contributed by atoms with Crippen LogP contribution in [0.4, 0.5) is 11.5 Å². The lowest BCUT2D eigenvalue weighted by molar-refractivity contribution is -0.116. The second-order valence-electron chi connectivity index (χ2n) is 5.49. The smallest absolute Gasteiger partial charge is 0.266 e. The summed E-state index contributed by atoms with van der Waals surface area (Å²) in [6, 6.07) is 5.02. The van der Waals surface area contributed by atoms with Crippen molar-refractivity contribution in [2.45, 2.75) is 18.2 Å². The van der Waals surface area contributed by atoms with Crippen molar-refractivity contribution >= 4 is 37.5 Å². The average Bonchev–Trinajstić information content (AvgIpc) is 3.08. The molecular weight excluding hydrogens is 386 g/mol. The molecule has 1 aromatic heterocycles. The molecule has 1 saturated heterocycles. The molecule has 1 aliphatic rings. The van der Waals surface area contributed by atoms with Crippen LogP contribution in [0.1, 0.15) is 12.2 Å². The van der Waals surface area contributed by atoms with Gasteiger partial charge in [0.2, 0.25) is 15.9 Å². The number of hydrogen-bond acceptors (Lipinski definition) is 8. The molecule has 2 heterocycles. The van der Waals surface area contributed by atoms with E-state index in [9.17, 15) is 21.6 Å². The van der Waals surface area contributed by atoms with Crippen LogP contribution in [0.5, 0.6) is 5.75 Å². The highest BCUT2D eigenvalue weighted by atomic mass is 32.2. The lowest BCUT2D eigenvalue weighted by Crippen LogP contribution is -2.29. The van der Waals surface area contributed by atoms with E-state index in [1.165, 1.54) is 25.3 Å². The zero-order valence-corrected chi connectivity index (χ0v) is 15.4. The van der Waals surface area contributed by atoms with E-state index in [2.05, 4.69) is 9.88 Å². The van der Waals surface area contributed by atoms with Crippen molar-refractivity contribution in [3.63, 3.8) is 0 Å². The predicted octanol–water partition coefficient (Wildman–Crippen LogP) is 0.859. The van der Waals surface area contributed by atoms with Gasteiger partial charge < -0.3 is 9.26 Å². The summed E-state index contributed by atoms with van der Waals surface area (Å²) in [6.45, 7) is 1.59. The maximum atomic E-state index is 12.7. The summed E-state index contributed by atoms with van der Waals surface area (Å²) < 4.78 is 62.2. The van der Waals surface area contributed by atoms with Crippen LogP contribution in [0.25, 0.3) is 0 Å². The number of ether oxygens (including phenoxy) is 1. The highest BCUT2D eigenvalue weighted by molar-refractivity contribution is 7.94.